The molecule has 2 aromatic heterocycles. The van der Waals surface area contributed by atoms with E-state index in [1.807, 2.05) is 6.07 Å². The first-order valence-corrected chi connectivity index (χ1v) is 10.0. The van der Waals surface area contributed by atoms with Crippen molar-refractivity contribution in [2.45, 2.75) is 19.8 Å². The standard InChI is InChI=1S/C18H20N2O5S2/c1-12(21)19-7-4-14-2-3-16(27-14)15(22)10-25-17(23)5-8-20-18(24)13-6-9-26-11-13/h2-3,6,9,11H,4-5,7-8,10H2,1H3,(H,19,21)(H,20,24). The molecule has 0 bridgehead atoms. The van der Waals surface area contributed by atoms with Gasteiger partial charge < -0.3 is 15.4 Å². The Morgan fingerprint density at radius 3 is 2.59 bits per heavy atom. The molecule has 0 saturated carbocycles. The van der Waals surface area contributed by atoms with Crippen molar-refractivity contribution in [3.8, 4) is 0 Å². The van der Waals surface area contributed by atoms with Crippen molar-refractivity contribution in [3.05, 3.63) is 44.3 Å². The van der Waals surface area contributed by atoms with Crippen molar-refractivity contribution in [1.82, 2.24) is 10.6 Å². The Kier molecular flexibility index (Phi) is 8.15. The van der Waals surface area contributed by atoms with E-state index in [0.29, 0.717) is 23.4 Å². The molecule has 0 aliphatic carbocycles. The molecule has 0 aliphatic rings. The number of rotatable bonds is 10. The molecule has 2 aromatic rings. The summed E-state index contributed by atoms with van der Waals surface area (Å²) in [4.78, 5) is 47.8. The molecule has 0 aliphatic heterocycles. The maximum atomic E-state index is 12.1. The van der Waals surface area contributed by atoms with Crippen LogP contribution in [0.25, 0.3) is 0 Å². The van der Waals surface area contributed by atoms with Crippen LogP contribution in [0.5, 0.6) is 0 Å². The Morgan fingerprint density at radius 1 is 1.07 bits per heavy atom. The van der Waals surface area contributed by atoms with Crippen molar-refractivity contribution in [2.75, 3.05) is 19.7 Å². The van der Waals surface area contributed by atoms with E-state index in [2.05, 4.69) is 10.6 Å². The van der Waals surface area contributed by atoms with Crippen LogP contribution in [0, 0.1) is 0 Å². The minimum atomic E-state index is -0.545. The highest BCUT2D eigenvalue weighted by Crippen LogP contribution is 2.17. The maximum absolute atomic E-state index is 12.1. The Labute approximate surface area is 164 Å². The van der Waals surface area contributed by atoms with Crippen LogP contribution in [-0.2, 0) is 20.7 Å². The van der Waals surface area contributed by atoms with Crippen LogP contribution in [0.2, 0.25) is 0 Å². The first-order chi connectivity index (χ1) is 13.0. The van der Waals surface area contributed by atoms with Crippen molar-refractivity contribution in [1.29, 1.82) is 0 Å². The van der Waals surface area contributed by atoms with Gasteiger partial charge in [-0.15, -0.1) is 11.3 Å². The van der Waals surface area contributed by atoms with Gasteiger partial charge in [0.15, 0.2) is 6.61 Å². The third kappa shape index (κ3) is 7.32. The van der Waals surface area contributed by atoms with E-state index in [9.17, 15) is 19.2 Å². The van der Waals surface area contributed by atoms with Gasteiger partial charge in [0.25, 0.3) is 5.91 Å². The normalized spacial score (nSPS) is 10.3. The Bertz CT molecular complexity index is 799. The molecule has 2 N–H and O–H groups in total. The van der Waals surface area contributed by atoms with Gasteiger partial charge in [0.1, 0.15) is 0 Å². The molecule has 2 heterocycles. The van der Waals surface area contributed by atoms with Crippen LogP contribution < -0.4 is 10.6 Å². The third-order valence-electron chi connectivity index (χ3n) is 3.44. The molecular formula is C18H20N2O5S2. The van der Waals surface area contributed by atoms with Gasteiger partial charge in [-0.1, -0.05) is 0 Å². The second-order valence-corrected chi connectivity index (χ2v) is 7.55. The van der Waals surface area contributed by atoms with Gasteiger partial charge in [-0.25, -0.2) is 0 Å². The highest BCUT2D eigenvalue weighted by molar-refractivity contribution is 7.14. The van der Waals surface area contributed by atoms with E-state index >= 15 is 0 Å². The summed E-state index contributed by atoms with van der Waals surface area (Å²) in [5.74, 6) is -1.16. The van der Waals surface area contributed by atoms with Gasteiger partial charge in [0.05, 0.1) is 11.3 Å². The lowest BCUT2D eigenvalue weighted by atomic mass is 10.3. The van der Waals surface area contributed by atoms with Crippen molar-refractivity contribution in [3.63, 3.8) is 0 Å². The number of ether oxygens (including phenoxy) is 1. The Hall–Kier alpha value is -2.52. The molecule has 2 amide bonds. The lowest BCUT2D eigenvalue weighted by Crippen LogP contribution is -2.26. The Balaban J connectivity index is 1.65. The molecule has 0 atom stereocenters. The van der Waals surface area contributed by atoms with Crippen molar-refractivity contribution >= 4 is 46.2 Å². The number of carbonyl (C=O) groups is 4. The quantitative estimate of drug-likeness (QED) is 0.463. The summed E-state index contributed by atoms with van der Waals surface area (Å²) in [6, 6.07) is 5.20. The molecule has 0 spiro atoms. The number of ketones is 1. The highest BCUT2D eigenvalue weighted by atomic mass is 32.1. The molecule has 9 heteroatoms. The van der Waals surface area contributed by atoms with Crippen LogP contribution in [0.15, 0.2) is 29.0 Å². The summed E-state index contributed by atoms with van der Waals surface area (Å²) in [5.41, 5.74) is 0.551. The number of thiophene rings is 2. The van der Waals surface area contributed by atoms with E-state index < -0.39 is 5.97 Å². The van der Waals surface area contributed by atoms with Crippen LogP contribution in [0.1, 0.15) is 38.3 Å². The largest absolute Gasteiger partial charge is 0.457 e. The van der Waals surface area contributed by atoms with E-state index in [0.717, 1.165) is 4.88 Å². The van der Waals surface area contributed by atoms with Crippen LogP contribution >= 0.6 is 22.7 Å². The topological polar surface area (TPSA) is 102 Å². The van der Waals surface area contributed by atoms with Gasteiger partial charge in [-0.05, 0) is 30.0 Å². The molecule has 2 rings (SSSR count). The smallest absolute Gasteiger partial charge is 0.308 e. The summed E-state index contributed by atoms with van der Waals surface area (Å²) < 4.78 is 4.96. The second-order valence-electron chi connectivity index (χ2n) is 5.60. The van der Waals surface area contributed by atoms with E-state index in [4.69, 9.17) is 4.74 Å². The molecule has 0 aromatic carbocycles. The molecule has 0 saturated heterocycles. The minimum Gasteiger partial charge on any atom is -0.457 e. The molecule has 0 unspecified atom stereocenters. The maximum Gasteiger partial charge on any atom is 0.308 e. The van der Waals surface area contributed by atoms with Gasteiger partial charge in [0, 0.05) is 35.8 Å². The zero-order chi connectivity index (χ0) is 19.6. The summed E-state index contributed by atoms with van der Waals surface area (Å²) in [7, 11) is 0. The zero-order valence-electron chi connectivity index (χ0n) is 14.8. The second kappa shape index (κ2) is 10.6. The summed E-state index contributed by atoms with van der Waals surface area (Å²) >= 11 is 2.73. The lowest BCUT2D eigenvalue weighted by Gasteiger charge is -2.05. The van der Waals surface area contributed by atoms with E-state index in [1.165, 1.54) is 29.6 Å². The number of amides is 2. The van der Waals surface area contributed by atoms with Crippen molar-refractivity contribution < 1.29 is 23.9 Å². The minimum absolute atomic E-state index is 0.00440. The van der Waals surface area contributed by atoms with Crippen LogP contribution in [0.4, 0.5) is 0 Å². The molecular weight excluding hydrogens is 388 g/mol. The van der Waals surface area contributed by atoms with E-state index in [1.54, 1.807) is 22.9 Å². The summed E-state index contributed by atoms with van der Waals surface area (Å²) in [6.07, 6.45) is 0.636. The molecule has 0 radical (unpaired) electrons. The number of carbonyl (C=O) groups excluding carboxylic acids is 4. The van der Waals surface area contributed by atoms with Crippen LogP contribution in [-0.4, -0.2) is 43.3 Å². The lowest BCUT2D eigenvalue weighted by molar-refractivity contribution is -0.142. The first-order valence-electron chi connectivity index (χ1n) is 8.28. The number of hydrogen-bond acceptors (Lipinski definition) is 7. The zero-order valence-corrected chi connectivity index (χ0v) is 16.4. The highest BCUT2D eigenvalue weighted by Gasteiger charge is 2.13. The fraction of sp³-hybridized carbons (Fsp3) is 0.333. The average molecular weight is 409 g/mol. The molecule has 0 fully saturated rings. The fourth-order valence-electron chi connectivity index (χ4n) is 2.09. The average Bonchev–Trinajstić information content (AvgIpc) is 3.31. The Morgan fingerprint density at radius 2 is 1.89 bits per heavy atom. The molecule has 144 valence electrons. The third-order valence-corrected chi connectivity index (χ3v) is 5.31. The number of esters is 1. The number of Topliss-reactive ketones (excluding diaryl/α,β-unsaturated/α-hetero) is 1. The van der Waals surface area contributed by atoms with Crippen LogP contribution in [0.3, 0.4) is 0 Å². The van der Waals surface area contributed by atoms with Gasteiger partial charge in [-0.3, -0.25) is 19.2 Å². The van der Waals surface area contributed by atoms with Crippen molar-refractivity contribution in [2.24, 2.45) is 0 Å². The summed E-state index contributed by atoms with van der Waals surface area (Å²) in [6.45, 7) is 1.78. The molecule has 27 heavy (non-hydrogen) atoms. The predicted octanol–water partition coefficient (Wildman–Crippen LogP) is 2.03. The monoisotopic (exact) mass is 408 g/mol. The van der Waals surface area contributed by atoms with Gasteiger partial charge in [0.2, 0.25) is 11.7 Å². The van der Waals surface area contributed by atoms with E-state index in [-0.39, 0.29) is 37.2 Å². The predicted molar refractivity (Wildman–Crippen MR) is 103 cm³/mol. The van der Waals surface area contributed by atoms with Gasteiger partial charge in [-0.2, -0.15) is 11.3 Å². The summed E-state index contributed by atoms with van der Waals surface area (Å²) in [5, 5.41) is 8.83. The van der Waals surface area contributed by atoms with Gasteiger partial charge >= 0.3 is 5.97 Å². The first kappa shape index (κ1) is 20.8. The number of nitrogens with one attached hydrogen (secondary N) is 2. The fourth-order valence-corrected chi connectivity index (χ4v) is 3.65. The number of hydrogen-bond donors (Lipinski definition) is 2. The SMILES string of the molecule is CC(=O)NCCc1ccc(C(=O)COC(=O)CCNC(=O)c2ccsc2)s1. The molecule has 7 nitrogen and oxygen atoms in total.